The molecule has 2 fully saturated rings. The highest BCUT2D eigenvalue weighted by atomic mass is 32.2. The summed E-state index contributed by atoms with van der Waals surface area (Å²) in [6, 6.07) is 1.34. The predicted octanol–water partition coefficient (Wildman–Crippen LogP) is 2.10. The Hall–Kier alpha value is -2.61. The lowest BCUT2D eigenvalue weighted by Gasteiger charge is -2.36. The van der Waals surface area contributed by atoms with Gasteiger partial charge >= 0.3 is 18.1 Å². The van der Waals surface area contributed by atoms with Crippen LogP contribution in [-0.2, 0) is 14.8 Å². The number of rotatable bonds is 6. The number of aromatic carboxylic acids is 1. The number of piperidine rings is 1. The number of aliphatic carboxylic acids is 1. The molecule has 2 aliphatic rings. The van der Waals surface area contributed by atoms with Crippen molar-refractivity contribution >= 4 is 33.5 Å². The maximum absolute atomic E-state index is 11.7. The first-order valence-corrected chi connectivity index (χ1v) is 12.1. The van der Waals surface area contributed by atoms with Crippen LogP contribution >= 0.6 is 0 Å². The molecule has 0 saturated carbocycles. The van der Waals surface area contributed by atoms with Gasteiger partial charge in [-0.15, -0.1) is 0 Å². The van der Waals surface area contributed by atoms with E-state index >= 15 is 0 Å². The fourth-order valence-electron chi connectivity index (χ4n) is 3.87. The number of aromatic nitrogens is 1. The number of nitrogens with zero attached hydrogens (tertiary/aromatic N) is 3. The highest BCUT2D eigenvalue weighted by Gasteiger charge is 2.38. The first kappa shape index (κ1) is 26.6. The van der Waals surface area contributed by atoms with Crippen LogP contribution in [0.2, 0.25) is 0 Å². The van der Waals surface area contributed by atoms with E-state index in [4.69, 9.17) is 9.90 Å². The van der Waals surface area contributed by atoms with Gasteiger partial charge in [-0.25, -0.2) is 23.0 Å². The number of carboxylic acid groups (broad SMARTS) is 2. The van der Waals surface area contributed by atoms with E-state index in [0.717, 1.165) is 51.8 Å². The van der Waals surface area contributed by atoms with Crippen LogP contribution in [0.4, 0.5) is 24.7 Å². The number of likely N-dealkylation sites (tertiary alicyclic amines) is 1. The van der Waals surface area contributed by atoms with Crippen molar-refractivity contribution in [1.82, 2.24) is 9.88 Å². The summed E-state index contributed by atoms with van der Waals surface area (Å²) in [5.41, 5.74) is 0.194. The van der Waals surface area contributed by atoms with E-state index in [1.54, 1.807) is 0 Å². The predicted molar refractivity (Wildman–Crippen MR) is 114 cm³/mol. The number of carbonyl (C=O) groups is 2. The lowest BCUT2D eigenvalue weighted by atomic mass is 9.97. The Bertz CT molecular complexity index is 951. The monoisotopic (exact) mass is 496 g/mol. The molecule has 0 radical (unpaired) electrons. The van der Waals surface area contributed by atoms with E-state index in [9.17, 15) is 31.5 Å². The zero-order valence-corrected chi connectivity index (χ0v) is 18.8. The van der Waals surface area contributed by atoms with Gasteiger partial charge in [0.25, 0.3) is 0 Å². The Labute approximate surface area is 189 Å². The van der Waals surface area contributed by atoms with Crippen LogP contribution in [-0.4, -0.2) is 85.6 Å². The second-order valence-electron chi connectivity index (χ2n) is 8.04. The Balaban J connectivity index is 0.000000479. The van der Waals surface area contributed by atoms with E-state index in [0.29, 0.717) is 11.7 Å². The van der Waals surface area contributed by atoms with Crippen molar-refractivity contribution in [3.05, 3.63) is 17.8 Å². The van der Waals surface area contributed by atoms with Crippen LogP contribution in [0.25, 0.3) is 0 Å². The molecule has 33 heavy (non-hydrogen) atoms. The van der Waals surface area contributed by atoms with Crippen molar-refractivity contribution in [2.75, 3.05) is 48.6 Å². The van der Waals surface area contributed by atoms with E-state index in [1.165, 1.54) is 25.1 Å². The molecule has 3 heterocycles. The zero-order chi connectivity index (χ0) is 24.8. The molecule has 1 aromatic rings. The van der Waals surface area contributed by atoms with Crippen LogP contribution in [0.5, 0.6) is 0 Å². The van der Waals surface area contributed by atoms with Gasteiger partial charge in [0.1, 0.15) is 11.4 Å². The second-order valence-corrected chi connectivity index (χ2v) is 9.79. The molecule has 0 spiro atoms. The molecular formula is C19H27F3N4O6S. The maximum atomic E-state index is 11.7. The van der Waals surface area contributed by atoms with Gasteiger partial charge in [0.2, 0.25) is 10.0 Å². The molecule has 2 saturated heterocycles. The third kappa shape index (κ3) is 8.68. The van der Waals surface area contributed by atoms with Crippen LogP contribution in [0.3, 0.4) is 0 Å². The van der Waals surface area contributed by atoms with Gasteiger partial charge in [-0.2, -0.15) is 13.2 Å². The third-order valence-electron chi connectivity index (χ3n) is 5.18. The van der Waals surface area contributed by atoms with Crippen molar-refractivity contribution in [3.8, 4) is 0 Å². The van der Waals surface area contributed by atoms with E-state index in [1.807, 2.05) is 4.90 Å². The Morgan fingerprint density at radius 2 is 1.79 bits per heavy atom. The lowest BCUT2D eigenvalue weighted by molar-refractivity contribution is -0.192. The number of sulfonamides is 1. The fourth-order valence-corrected chi connectivity index (χ4v) is 4.41. The summed E-state index contributed by atoms with van der Waals surface area (Å²) in [5, 5.41) is 16.7. The lowest BCUT2D eigenvalue weighted by Crippen LogP contribution is -2.41. The minimum Gasteiger partial charge on any atom is -0.478 e. The minimum atomic E-state index is -5.08. The zero-order valence-electron chi connectivity index (χ0n) is 18.0. The van der Waals surface area contributed by atoms with Gasteiger partial charge in [-0.1, -0.05) is 0 Å². The molecule has 1 unspecified atom stereocenters. The average Bonchev–Trinajstić information content (AvgIpc) is 3.19. The largest absolute Gasteiger partial charge is 0.490 e. The molecule has 14 heteroatoms. The Morgan fingerprint density at radius 1 is 1.18 bits per heavy atom. The molecule has 1 aromatic heterocycles. The standard InChI is InChI=1S/C17H26N4O4S.C2HF3O2/c1-26(24,25)19-14-9-15(17(22)23)16(18-10-14)21-8-4-5-13(12-21)11-20-6-2-3-7-20;3-2(4,5)1(6)7/h9-10,13,19H,2-8,11-12H2,1H3,(H,22,23);(H,6,7). The molecule has 0 amide bonds. The quantitative estimate of drug-likeness (QED) is 0.540. The molecule has 0 aliphatic carbocycles. The number of hydrogen-bond donors (Lipinski definition) is 3. The Kier molecular flexibility index (Phi) is 8.89. The van der Waals surface area contributed by atoms with E-state index in [-0.39, 0.29) is 11.3 Å². The first-order valence-electron chi connectivity index (χ1n) is 10.2. The van der Waals surface area contributed by atoms with E-state index < -0.39 is 28.1 Å². The smallest absolute Gasteiger partial charge is 0.478 e. The fraction of sp³-hybridized carbons (Fsp3) is 0.632. The number of halogens is 3. The molecule has 0 aromatic carbocycles. The Morgan fingerprint density at radius 3 is 2.30 bits per heavy atom. The van der Waals surface area contributed by atoms with Crippen LogP contribution in [0, 0.1) is 5.92 Å². The summed E-state index contributed by atoms with van der Waals surface area (Å²) in [5.74, 6) is -2.94. The maximum Gasteiger partial charge on any atom is 0.490 e. The minimum absolute atomic E-state index is 0.0282. The molecule has 186 valence electrons. The summed E-state index contributed by atoms with van der Waals surface area (Å²) >= 11 is 0. The van der Waals surface area contributed by atoms with Gasteiger partial charge in [0.15, 0.2) is 0 Å². The summed E-state index contributed by atoms with van der Waals surface area (Å²) in [4.78, 5) is 29.4. The molecule has 10 nitrogen and oxygen atoms in total. The topological polar surface area (TPSA) is 140 Å². The van der Waals surface area contributed by atoms with Crippen LogP contribution in [0.15, 0.2) is 12.3 Å². The normalized spacial score (nSPS) is 19.5. The average molecular weight is 497 g/mol. The van der Waals surface area contributed by atoms with Crippen molar-refractivity contribution in [1.29, 1.82) is 0 Å². The number of carboxylic acids is 2. The summed E-state index contributed by atoms with van der Waals surface area (Å²) in [7, 11) is -3.48. The highest BCUT2D eigenvalue weighted by Crippen LogP contribution is 2.28. The van der Waals surface area contributed by atoms with Crippen molar-refractivity contribution in [2.45, 2.75) is 31.9 Å². The summed E-state index contributed by atoms with van der Waals surface area (Å²) in [6.07, 6.45) is 1.99. The molecule has 3 rings (SSSR count). The van der Waals surface area contributed by atoms with Crippen LogP contribution in [0.1, 0.15) is 36.0 Å². The molecule has 3 N–H and O–H groups in total. The summed E-state index contributed by atoms with van der Waals surface area (Å²) in [6.45, 7) is 4.90. The molecule has 2 aliphatic heterocycles. The van der Waals surface area contributed by atoms with Gasteiger partial charge in [-0.05, 0) is 50.8 Å². The van der Waals surface area contributed by atoms with Crippen molar-refractivity contribution in [3.63, 3.8) is 0 Å². The van der Waals surface area contributed by atoms with Crippen LogP contribution < -0.4 is 9.62 Å². The molecule has 1 atom stereocenters. The van der Waals surface area contributed by atoms with Gasteiger partial charge < -0.3 is 20.0 Å². The SMILES string of the molecule is CS(=O)(=O)Nc1cnc(N2CCCC(CN3CCCC3)C2)c(C(=O)O)c1.O=C(O)C(F)(F)F. The first-order chi connectivity index (χ1) is 15.3. The second kappa shape index (κ2) is 11.0. The summed E-state index contributed by atoms with van der Waals surface area (Å²) < 4.78 is 56.8. The number of anilines is 2. The van der Waals surface area contributed by atoms with E-state index in [2.05, 4.69) is 14.6 Å². The third-order valence-corrected chi connectivity index (χ3v) is 5.78. The van der Waals surface area contributed by atoms with Gasteiger partial charge in [0, 0.05) is 19.6 Å². The highest BCUT2D eigenvalue weighted by molar-refractivity contribution is 7.92. The van der Waals surface area contributed by atoms with Crippen molar-refractivity contribution < 1.29 is 41.4 Å². The van der Waals surface area contributed by atoms with Crippen molar-refractivity contribution in [2.24, 2.45) is 5.92 Å². The number of alkyl halides is 3. The number of hydrogen-bond acceptors (Lipinski definition) is 7. The van der Waals surface area contributed by atoms with Gasteiger partial charge in [0.05, 0.1) is 18.1 Å². The molecule has 0 bridgehead atoms. The number of pyridine rings is 1. The molecular weight excluding hydrogens is 469 g/mol. The number of nitrogens with one attached hydrogen (secondary N) is 1. The van der Waals surface area contributed by atoms with Gasteiger partial charge in [-0.3, -0.25) is 4.72 Å².